The predicted molar refractivity (Wildman–Crippen MR) is 104 cm³/mol. The topological polar surface area (TPSA) is 98.5 Å². The maximum absolute atomic E-state index is 12.7. The summed E-state index contributed by atoms with van der Waals surface area (Å²) in [5.74, 6) is 0.808. The van der Waals surface area contributed by atoms with E-state index in [-0.39, 0.29) is 17.6 Å². The zero-order valence-corrected chi connectivity index (χ0v) is 16.8. The van der Waals surface area contributed by atoms with Crippen molar-refractivity contribution in [2.24, 2.45) is 0 Å². The second-order valence-electron chi connectivity index (χ2n) is 7.28. The van der Waals surface area contributed by atoms with Gasteiger partial charge < -0.3 is 4.74 Å². The van der Waals surface area contributed by atoms with Crippen molar-refractivity contribution < 1.29 is 21.9 Å². The molecule has 3 aromatic rings. The Labute approximate surface area is 166 Å². The van der Waals surface area contributed by atoms with Gasteiger partial charge in [-0.2, -0.15) is 13.8 Å². The van der Waals surface area contributed by atoms with E-state index in [1.807, 2.05) is 0 Å². The second-order valence-corrected chi connectivity index (χ2v) is 9.03. The number of hydrogen-bond donors (Lipinski definition) is 1. The highest BCUT2D eigenvalue weighted by atomic mass is 32.2. The molecule has 0 aliphatic heterocycles. The van der Waals surface area contributed by atoms with Crippen LogP contribution in [-0.4, -0.2) is 40.6 Å². The third kappa shape index (κ3) is 3.96. The van der Waals surface area contributed by atoms with E-state index in [4.69, 9.17) is 4.98 Å². The van der Waals surface area contributed by atoms with Crippen LogP contribution >= 0.6 is 0 Å². The van der Waals surface area contributed by atoms with Gasteiger partial charge in [0.1, 0.15) is 16.9 Å². The number of aromatic nitrogens is 4. The Morgan fingerprint density at radius 1 is 1.17 bits per heavy atom. The lowest BCUT2D eigenvalue weighted by atomic mass is 9.89. The van der Waals surface area contributed by atoms with E-state index in [0.29, 0.717) is 22.4 Å². The normalized spacial score (nSPS) is 16.0. The highest BCUT2D eigenvalue weighted by Crippen LogP contribution is 2.36. The van der Waals surface area contributed by atoms with Crippen molar-refractivity contribution in [3.8, 4) is 5.88 Å². The maximum Gasteiger partial charge on any atom is 0.388 e. The fourth-order valence-electron chi connectivity index (χ4n) is 3.93. The first-order valence-electron chi connectivity index (χ1n) is 9.35. The molecule has 1 aliphatic carbocycles. The number of nitrogens with one attached hydrogen (secondary N) is 1. The van der Waals surface area contributed by atoms with Gasteiger partial charge in [0.2, 0.25) is 15.9 Å². The average Bonchev–Trinajstić information content (AvgIpc) is 2.99. The summed E-state index contributed by atoms with van der Waals surface area (Å²) in [4.78, 5) is 13.3. The molecule has 0 unspecified atom stereocenters. The van der Waals surface area contributed by atoms with Crippen LogP contribution in [0.3, 0.4) is 0 Å². The Morgan fingerprint density at radius 3 is 2.55 bits per heavy atom. The van der Waals surface area contributed by atoms with Crippen molar-refractivity contribution in [1.29, 1.82) is 0 Å². The van der Waals surface area contributed by atoms with E-state index in [0.717, 1.165) is 44.2 Å². The third-order valence-corrected chi connectivity index (χ3v) is 5.60. The van der Waals surface area contributed by atoms with Crippen molar-refractivity contribution in [2.75, 3.05) is 11.0 Å². The molecule has 0 atom stereocenters. The van der Waals surface area contributed by atoms with Crippen LogP contribution in [0.15, 0.2) is 12.1 Å². The maximum atomic E-state index is 12.7. The molecule has 29 heavy (non-hydrogen) atoms. The quantitative estimate of drug-likeness (QED) is 0.671. The molecule has 0 saturated heterocycles. The summed E-state index contributed by atoms with van der Waals surface area (Å²) < 4.78 is 57.8. The van der Waals surface area contributed by atoms with Crippen LogP contribution in [0.2, 0.25) is 0 Å². The van der Waals surface area contributed by atoms with Gasteiger partial charge in [0.25, 0.3) is 0 Å². The van der Waals surface area contributed by atoms with Gasteiger partial charge in [-0.05, 0) is 25.8 Å². The van der Waals surface area contributed by atoms with Crippen LogP contribution in [0.4, 0.5) is 14.6 Å². The van der Waals surface area contributed by atoms with Crippen LogP contribution < -0.4 is 9.46 Å². The molecule has 8 nitrogen and oxygen atoms in total. The van der Waals surface area contributed by atoms with Crippen LogP contribution in [0.1, 0.15) is 49.5 Å². The zero-order chi connectivity index (χ0) is 20.8. The van der Waals surface area contributed by atoms with Crippen LogP contribution in [0.25, 0.3) is 16.7 Å². The van der Waals surface area contributed by atoms with Gasteiger partial charge in [0, 0.05) is 12.0 Å². The van der Waals surface area contributed by atoms with Gasteiger partial charge in [0.15, 0.2) is 11.5 Å². The first-order valence-corrected chi connectivity index (χ1v) is 11.2. The van der Waals surface area contributed by atoms with Crippen molar-refractivity contribution >= 4 is 32.5 Å². The number of halogens is 2. The number of ether oxygens (including phenoxy) is 1. The highest BCUT2D eigenvalue weighted by molar-refractivity contribution is 7.92. The molecule has 0 amide bonds. The standard InChI is InChI=1S/C18H21F2N5O3S/c1-10-14-15(24-29(2,26)27)22-12-8-9-13(28-18(19)20)23-17(12)25(14)16(21-10)11-6-4-3-5-7-11/h8-9,11,18H,3-7H2,1-2H3,(H,22,24). The van der Waals surface area contributed by atoms with Crippen molar-refractivity contribution in [3.05, 3.63) is 23.7 Å². The van der Waals surface area contributed by atoms with E-state index in [9.17, 15) is 17.2 Å². The lowest BCUT2D eigenvalue weighted by molar-refractivity contribution is -0.0526. The monoisotopic (exact) mass is 425 g/mol. The van der Waals surface area contributed by atoms with Crippen molar-refractivity contribution in [1.82, 2.24) is 19.4 Å². The molecule has 1 aliphatic rings. The summed E-state index contributed by atoms with van der Waals surface area (Å²) >= 11 is 0. The molecule has 3 heterocycles. The molecular formula is C18H21F2N5O3S. The van der Waals surface area contributed by atoms with Crippen LogP contribution in [0.5, 0.6) is 5.88 Å². The van der Waals surface area contributed by atoms with Gasteiger partial charge in [-0.15, -0.1) is 0 Å². The average molecular weight is 425 g/mol. The van der Waals surface area contributed by atoms with E-state index in [2.05, 4.69) is 19.4 Å². The van der Waals surface area contributed by atoms with E-state index < -0.39 is 16.6 Å². The number of hydrogen-bond acceptors (Lipinski definition) is 6. The van der Waals surface area contributed by atoms with Gasteiger partial charge in [-0.25, -0.2) is 18.4 Å². The molecule has 1 N–H and O–H groups in total. The van der Waals surface area contributed by atoms with E-state index in [1.54, 1.807) is 11.3 Å². The molecule has 0 bridgehead atoms. The van der Waals surface area contributed by atoms with E-state index >= 15 is 0 Å². The number of aryl methyl sites for hydroxylation is 1. The summed E-state index contributed by atoms with van der Waals surface area (Å²) in [6.45, 7) is -1.24. The largest absolute Gasteiger partial charge is 0.417 e. The predicted octanol–water partition coefficient (Wildman–Crippen LogP) is 3.61. The molecule has 1 saturated carbocycles. The lowest BCUT2D eigenvalue weighted by Crippen LogP contribution is -2.14. The summed E-state index contributed by atoms with van der Waals surface area (Å²) in [5.41, 5.74) is 1.71. The molecule has 11 heteroatoms. The molecule has 0 spiro atoms. The van der Waals surface area contributed by atoms with Gasteiger partial charge in [0.05, 0.1) is 11.9 Å². The van der Waals surface area contributed by atoms with Crippen molar-refractivity contribution in [3.63, 3.8) is 0 Å². The fraction of sp³-hybridized carbons (Fsp3) is 0.500. The van der Waals surface area contributed by atoms with Gasteiger partial charge >= 0.3 is 6.61 Å². The molecule has 3 aromatic heterocycles. The first kappa shape index (κ1) is 19.7. The number of sulfonamides is 1. The molecule has 156 valence electrons. The SMILES string of the molecule is Cc1nc(C2CCCCC2)n2c1c(NS(C)(=O)=O)nc1ccc(OC(F)F)nc12. The minimum Gasteiger partial charge on any atom is -0.417 e. The van der Waals surface area contributed by atoms with Crippen molar-refractivity contribution in [2.45, 2.75) is 51.6 Å². The number of alkyl halides is 2. The smallest absolute Gasteiger partial charge is 0.388 e. The Balaban J connectivity index is 2.02. The summed E-state index contributed by atoms with van der Waals surface area (Å²) in [7, 11) is -3.59. The van der Waals surface area contributed by atoms with Crippen LogP contribution in [-0.2, 0) is 10.0 Å². The lowest BCUT2D eigenvalue weighted by Gasteiger charge is -2.21. The minimum absolute atomic E-state index is 0.136. The molecular weight excluding hydrogens is 404 g/mol. The molecule has 0 radical (unpaired) electrons. The Bertz CT molecular complexity index is 1170. The summed E-state index contributed by atoms with van der Waals surface area (Å²) in [5, 5.41) is 0. The fourth-order valence-corrected chi connectivity index (χ4v) is 4.42. The van der Waals surface area contributed by atoms with Crippen LogP contribution in [0, 0.1) is 6.92 Å². The Kier molecular flexibility index (Phi) is 5.01. The third-order valence-electron chi connectivity index (χ3n) is 5.04. The number of fused-ring (bicyclic) bond motifs is 3. The Hall–Kier alpha value is -2.56. The van der Waals surface area contributed by atoms with E-state index in [1.165, 1.54) is 12.1 Å². The number of anilines is 1. The number of pyridine rings is 1. The summed E-state index contributed by atoms with van der Waals surface area (Å²) in [6.07, 6.45) is 6.24. The number of rotatable bonds is 5. The highest BCUT2D eigenvalue weighted by Gasteiger charge is 2.26. The number of imidazole rings is 1. The van der Waals surface area contributed by atoms with Gasteiger partial charge in [-0.1, -0.05) is 19.3 Å². The molecule has 1 fully saturated rings. The Morgan fingerprint density at radius 2 is 1.90 bits per heavy atom. The van der Waals surface area contributed by atoms with Gasteiger partial charge in [-0.3, -0.25) is 9.12 Å². The zero-order valence-electron chi connectivity index (χ0n) is 16.0. The second kappa shape index (κ2) is 7.36. The molecule has 0 aromatic carbocycles. The minimum atomic E-state index is -3.59. The molecule has 4 rings (SSSR count). The summed E-state index contributed by atoms with van der Waals surface area (Å²) in [6, 6.07) is 2.76. The first-order chi connectivity index (χ1) is 13.7. The number of nitrogens with zero attached hydrogens (tertiary/aromatic N) is 4.